The Kier molecular flexibility index (Phi) is 7.22. The molecule has 4 aromatic heterocycles. The number of benzene rings is 2. The van der Waals surface area contributed by atoms with Crippen LogP contribution in [0.4, 0.5) is 11.5 Å². The first kappa shape index (κ1) is 28.5. The summed E-state index contributed by atoms with van der Waals surface area (Å²) in [6, 6.07) is 17.7. The average molecular weight is 615 g/mol. The number of carbonyl (C=O) groups is 2. The third kappa shape index (κ3) is 5.01. The van der Waals surface area contributed by atoms with E-state index in [1.165, 1.54) is 12.1 Å². The van der Waals surface area contributed by atoms with Gasteiger partial charge < -0.3 is 16.2 Å². The predicted octanol–water partition coefficient (Wildman–Crippen LogP) is 3.37. The van der Waals surface area contributed by atoms with Crippen molar-refractivity contribution in [2.24, 2.45) is 5.11 Å². The number of rotatable bonds is 9. The second kappa shape index (κ2) is 11.7. The van der Waals surface area contributed by atoms with Crippen molar-refractivity contribution in [3.63, 3.8) is 0 Å². The Morgan fingerprint density at radius 2 is 2.04 bits per heavy atom. The number of anilines is 1. The lowest BCUT2D eigenvalue weighted by Gasteiger charge is -2.17. The van der Waals surface area contributed by atoms with Crippen LogP contribution in [-0.4, -0.2) is 53.3 Å². The van der Waals surface area contributed by atoms with Gasteiger partial charge in [0, 0.05) is 30.3 Å². The van der Waals surface area contributed by atoms with Crippen LogP contribution in [0.15, 0.2) is 84.4 Å². The zero-order valence-electron chi connectivity index (χ0n) is 24.3. The zero-order valence-corrected chi connectivity index (χ0v) is 24.3. The maximum Gasteiger partial charge on any atom is 0.257 e. The fraction of sp³-hybridized carbons (Fsp3) is 0.125. The fourth-order valence-electron chi connectivity index (χ4n) is 5.87. The second-order valence-electron chi connectivity index (χ2n) is 10.8. The molecule has 46 heavy (non-hydrogen) atoms. The molecule has 0 fully saturated rings. The number of imidazole rings is 1. The van der Waals surface area contributed by atoms with Gasteiger partial charge in [0.1, 0.15) is 28.3 Å². The molecule has 1 aliphatic carbocycles. The highest BCUT2D eigenvalue weighted by Gasteiger charge is 2.28. The summed E-state index contributed by atoms with van der Waals surface area (Å²) in [5.74, 6) is 0.928. The summed E-state index contributed by atoms with van der Waals surface area (Å²) in [7, 11) is 0. The van der Waals surface area contributed by atoms with Gasteiger partial charge in [0.25, 0.3) is 5.91 Å². The quantitative estimate of drug-likeness (QED) is 0.0924. The maximum atomic E-state index is 13.5. The van der Waals surface area contributed by atoms with E-state index in [0.717, 1.165) is 16.8 Å². The van der Waals surface area contributed by atoms with Crippen molar-refractivity contribution < 1.29 is 20.0 Å². The van der Waals surface area contributed by atoms with Crippen LogP contribution in [0.5, 0.6) is 5.75 Å². The van der Waals surface area contributed by atoms with Gasteiger partial charge in [-0.05, 0) is 72.5 Å². The van der Waals surface area contributed by atoms with E-state index in [-0.39, 0.29) is 29.6 Å². The SMILES string of the molecule is N=NC[NH2+]c1cc(O)c(C=O)cc1C(=O)N[C@H]1CCc2cc(-n3c(-c4cccnc4N)nc4ccc(-n5cccn5)nc43)ccc21. The number of pyridine rings is 2. The number of phenols is 1. The molecule has 0 spiro atoms. The summed E-state index contributed by atoms with van der Waals surface area (Å²) in [6.45, 7) is 0.0309. The molecule has 0 saturated heterocycles. The summed E-state index contributed by atoms with van der Waals surface area (Å²) < 4.78 is 3.64. The molecule has 4 heterocycles. The lowest BCUT2D eigenvalue weighted by molar-refractivity contribution is -0.571. The van der Waals surface area contributed by atoms with Crippen LogP contribution in [0.1, 0.15) is 44.3 Å². The van der Waals surface area contributed by atoms with Gasteiger partial charge in [-0.2, -0.15) is 5.10 Å². The molecule has 1 amide bonds. The van der Waals surface area contributed by atoms with Crippen molar-refractivity contribution in [1.29, 1.82) is 5.53 Å². The first-order chi connectivity index (χ1) is 22.4. The molecule has 1 aliphatic rings. The van der Waals surface area contributed by atoms with E-state index in [2.05, 4.69) is 26.6 Å². The van der Waals surface area contributed by atoms with E-state index in [9.17, 15) is 14.7 Å². The van der Waals surface area contributed by atoms with E-state index < -0.39 is 5.91 Å². The molecule has 0 radical (unpaired) electrons. The smallest absolute Gasteiger partial charge is 0.257 e. The Morgan fingerprint density at radius 1 is 1.15 bits per heavy atom. The number of carbonyl (C=O) groups excluding carboxylic acids is 2. The van der Waals surface area contributed by atoms with Crippen LogP contribution in [-0.2, 0) is 6.42 Å². The van der Waals surface area contributed by atoms with Crippen LogP contribution in [0, 0.1) is 5.53 Å². The number of aldehydes is 1. The molecule has 7 rings (SSSR count). The Balaban J connectivity index is 1.27. The number of nitrogens with zero attached hydrogens (tertiary/aromatic N) is 7. The van der Waals surface area contributed by atoms with Crippen molar-refractivity contribution in [3.05, 3.63) is 102 Å². The largest absolute Gasteiger partial charge is 0.507 e. The van der Waals surface area contributed by atoms with Crippen LogP contribution in [0.3, 0.4) is 0 Å². The van der Waals surface area contributed by atoms with Crippen molar-refractivity contribution >= 4 is 34.9 Å². The van der Waals surface area contributed by atoms with Gasteiger partial charge in [0.05, 0.1) is 17.2 Å². The third-order valence-electron chi connectivity index (χ3n) is 8.05. The van der Waals surface area contributed by atoms with E-state index in [1.807, 2.05) is 53.2 Å². The number of aromatic hydroxyl groups is 1. The molecule has 228 valence electrons. The van der Waals surface area contributed by atoms with Crippen molar-refractivity contribution in [2.75, 3.05) is 12.4 Å². The van der Waals surface area contributed by atoms with Gasteiger partial charge >= 0.3 is 0 Å². The molecule has 0 saturated carbocycles. The topological polar surface area (TPSA) is 207 Å². The molecule has 0 bridgehead atoms. The summed E-state index contributed by atoms with van der Waals surface area (Å²) in [5, 5.41) is 22.5. The summed E-state index contributed by atoms with van der Waals surface area (Å²) in [4.78, 5) is 39.1. The molecule has 7 N–H and O–H groups in total. The molecular weight excluding hydrogens is 586 g/mol. The number of nitrogens with two attached hydrogens (primary N) is 2. The molecule has 14 nitrogen and oxygen atoms in total. The number of fused-ring (bicyclic) bond motifs is 2. The Bertz CT molecular complexity index is 2140. The monoisotopic (exact) mass is 614 g/mol. The van der Waals surface area contributed by atoms with Gasteiger partial charge in [0.15, 0.2) is 30.2 Å². The first-order valence-electron chi connectivity index (χ1n) is 14.5. The van der Waals surface area contributed by atoms with Crippen molar-refractivity contribution in [3.8, 4) is 28.6 Å². The van der Waals surface area contributed by atoms with Crippen molar-refractivity contribution in [1.82, 2.24) is 34.6 Å². The van der Waals surface area contributed by atoms with E-state index in [1.54, 1.807) is 22.4 Å². The van der Waals surface area contributed by atoms with E-state index >= 15 is 0 Å². The number of aryl methyl sites for hydroxylation is 1. The highest BCUT2D eigenvalue weighted by Crippen LogP contribution is 2.36. The van der Waals surface area contributed by atoms with E-state index in [4.69, 9.17) is 21.2 Å². The minimum Gasteiger partial charge on any atom is -0.507 e. The number of hydrogen-bond donors (Lipinski definition) is 5. The number of quaternary nitrogens is 1. The average Bonchev–Trinajstić information content (AvgIpc) is 3.83. The fourth-order valence-corrected chi connectivity index (χ4v) is 5.87. The Morgan fingerprint density at radius 3 is 2.83 bits per heavy atom. The van der Waals surface area contributed by atoms with E-state index in [0.29, 0.717) is 59.0 Å². The maximum absolute atomic E-state index is 13.5. The number of phenolic OH excluding ortho intramolecular Hbond substituents is 1. The van der Waals surface area contributed by atoms with Gasteiger partial charge in [-0.25, -0.2) is 25.2 Å². The number of amides is 1. The lowest BCUT2D eigenvalue weighted by atomic mass is 10.0. The lowest BCUT2D eigenvalue weighted by Crippen LogP contribution is -2.78. The second-order valence-corrected chi connectivity index (χ2v) is 10.8. The molecule has 14 heteroatoms. The third-order valence-corrected chi connectivity index (χ3v) is 8.05. The predicted molar refractivity (Wildman–Crippen MR) is 167 cm³/mol. The summed E-state index contributed by atoms with van der Waals surface area (Å²) in [6.07, 6.45) is 7.02. The minimum atomic E-state index is -0.397. The summed E-state index contributed by atoms with van der Waals surface area (Å²) >= 11 is 0. The highest BCUT2D eigenvalue weighted by atomic mass is 16.3. The highest BCUT2D eigenvalue weighted by molar-refractivity contribution is 6.00. The van der Waals surface area contributed by atoms with Crippen molar-refractivity contribution in [2.45, 2.75) is 18.9 Å². The molecule has 1 atom stereocenters. The molecule has 0 aliphatic heterocycles. The molecular formula is C32H28N11O3+. The zero-order chi connectivity index (χ0) is 31.8. The standard InChI is InChI=1S/C32H27N11O3/c33-29-22(3-1-10-35-29)30-39-25-8-9-28(42-12-2-11-38-42)41-31(25)43(30)20-5-6-21-18(13-20)4-7-24(21)40-32(46)23-14-19(16-44)27(45)15-26(23)36-17-37-34/h1-3,5-6,8-16,24,34,36,45H,4,7,17H2,(H2,33,35)(H,40,46)/p+1/t24-/m0/s1. The van der Waals surface area contributed by atoms with Gasteiger partial charge in [-0.3, -0.25) is 19.5 Å². The molecule has 6 aromatic rings. The number of aromatic nitrogens is 6. The number of nitrogens with one attached hydrogen (secondary N) is 2. The normalized spacial score (nSPS) is 13.9. The number of hydrogen-bond acceptors (Lipinski definition) is 10. The van der Waals surface area contributed by atoms with Crippen LogP contribution in [0.2, 0.25) is 0 Å². The minimum absolute atomic E-state index is 0.00325. The van der Waals surface area contributed by atoms with Crippen LogP contribution in [0.25, 0.3) is 34.1 Å². The Labute approximate surface area is 261 Å². The van der Waals surface area contributed by atoms with Gasteiger partial charge in [0.2, 0.25) is 0 Å². The molecule has 2 aromatic carbocycles. The van der Waals surface area contributed by atoms with Gasteiger partial charge in [-0.1, -0.05) is 6.07 Å². The summed E-state index contributed by atoms with van der Waals surface area (Å²) in [5.41, 5.74) is 18.8. The first-order valence-corrected chi connectivity index (χ1v) is 14.5. The van der Waals surface area contributed by atoms with Gasteiger partial charge in [-0.15, -0.1) is 5.11 Å². The van der Waals surface area contributed by atoms with Crippen LogP contribution < -0.4 is 16.4 Å². The van der Waals surface area contributed by atoms with Crippen LogP contribution >= 0.6 is 0 Å². The molecule has 0 unspecified atom stereocenters. The number of nitrogen functional groups attached to an aromatic ring is 1. The Hall–Kier alpha value is -6.28.